The first-order chi connectivity index (χ1) is 16.0. The van der Waals surface area contributed by atoms with Gasteiger partial charge in [-0.1, -0.05) is 6.07 Å². The number of aromatic nitrogens is 3. The summed E-state index contributed by atoms with van der Waals surface area (Å²) in [6, 6.07) is 13.1. The van der Waals surface area contributed by atoms with E-state index in [0.717, 1.165) is 16.7 Å². The lowest BCUT2D eigenvalue weighted by atomic mass is 10.0. The third-order valence-corrected chi connectivity index (χ3v) is 5.18. The van der Waals surface area contributed by atoms with Crippen LogP contribution in [-0.2, 0) is 0 Å². The van der Waals surface area contributed by atoms with Crippen LogP contribution in [0.15, 0.2) is 69.9 Å². The third kappa shape index (κ3) is 4.33. The number of aryl methyl sites for hydroxylation is 1. The molecule has 0 saturated heterocycles. The minimum absolute atomic E-state index is 0.135. The average Bonchev–Trinajstić information content (AvgIpc) is 3.23. The van der Waals surface area contributed by atoms with Gasteiger partial charge in [0.25, 0.3) is 5.56 Å². The van der Waals surface area contributed by atoms with Gasteiger partial charge in [0.15, 0.2) is 17.2 Å². The molecule has 168 valence electrons. The Morgan fingerprint density at radius 3 is 2.15 bits per heavy atom. The van der Waals surface area contributed by atoms with Gasteiger partial charge >= 0.3 is 0 Å². The number of ether oxygens (including phenoxy) is 3. The molecular formula is C24H23N5O4. The van der Waals surface area contributed by atoms with Crippen molar-refractivity contribution in [3.8, 4) is 39.6 Å². The van der Waals surface area contributed by atoms with E-state index in [0.29, 0.717) is 34.2 Å². The molecule has 9 nitrogen and oxygen atoms in total. The lowest BCUT2D eigenvalue weighted by molar-refractivity contribution is 0.324. The van der Waals surface area contributed by atoms with Crippen LogP contribution in [0, 0.1) is 6.92 Å². The summed E-state index contributed by atoms with van der Waals surface area (Å²) in [5.74, 6) is 1.36. The van der Waals surface area contributed by atoms with E-state index in [1.807, 2.05) is 37.3 Å². The summed E-state index contributed by atoms with van der Waals surface area (Å²) >= 11 is 0. The number of aromatic amines is 2. The second-order valence-corrected chi connectivity index (χ2v) is 7.15. The van der Waals surface area contributed by atoms with Crippen LogP contribution < -0.4 is 19.8 Å². The number of nitrogens with one attached hydrogen (secondary N) is 2. The zero-order chi connectivity index (χ0) is 23.4. The zero-order valence-electron chi connectivity index (χ0n) is 18.7. The van der Waals surface area contributed by atoms with Crippen molar-refractivity contribution in [1.29, 1.82) is 0 Å². The Balaban J connectivity index is 1.74. The molecule has 0 unspecified atom stereocenters. The van der Waals surface area contributed by atoms with Crippen molar-refractivity contribution >= 4 is 11.4 Å². The second-order valence-electron chi connectivity index (χ2n) is 7.15. The van der Waals surface area contributed by atoms with Gasteiger partial charge in [0.05, 0.1) is 32.7 Å². The zero-order valence-corrected chi connectivity index (χ0v) is 18.7. The van der Waals surface area contributed by atoms with Crippen molar-refractivity contribution in [1.82, 2.24) is 15.2 Å². The van der Waals surface area contributed by atoms with Crippen LogP contribution in [0.5, 0.6) is 17.2 Å². The summed E-state index contributed by atoms with van der Waals surface area (Å²) in [5.41, 5.74) is 4.56. The summed E-state index contributed by atoms with van der Waals surface area (Å²) in [7, 11) is 4.58. The minimum Gasteiger partial charge on any atom is -0.493 e. The molecule has 0 radical (unpaired) electrons. The molecule has 4 aromatic rings. The largest absolute Gasteiger partial charge is 0.493 e. The van der Waals surface area contributed by atoms with Gasteiger partial charge in [-0.25, -0.2) is 0 Å². The fourth-order valence-corrected chi connectivity index (χ4v) is 3.50. The molecule has 0 bridgehead atoms. The van der Waals surface area contributed by atoms with Crippen molar-refractivity contribution < 1.29 is 14.2 Å². The van der Waals surface area contributed by atoms with E-state index in [1.54, 1.807) is 24.5 Å². The van der Waals surface area contributed by atoms with Crippen LogP contribution in [0.1, 0.15) is 5.56 Å². The van der Waals surface area contributed by atoms with Gasteiger partial charge in [-0.05, 0) is 60.0 Å². The SMILES string of the molecule is COc1cc(-c2[nH][nH]c(=O)c2N=Nc2ccc(C)c(-c3ccncc3)c2)cc(OC)c1OC. The van der Waals surface area contributed by atoms with E-state index >= 15 is 0 Å². The topological polar surface area (TPSA) is 114 Å². The Labute approximate surface area is 190 Å². The number of nitrogens with zero attached hydrogens (tertiary/aromatic N) is 3. The second kappa shape index (κ2) is 9.39. The normalized spacial score (nSPS) is 11.0. The standard InChI is InChI=1S/C24H23N5O4/c1-14-5-6-17(13-18(14)15-7-9-25-10-8-15)26-28-22-21(27-29-24(22)30)16-11-19(31-2)23(33-4)20(12-16)32-3/h5-13H,1-4H3,(H2,27,29,30). The van der Waals surface area contributed by atoms with Crippen LogP contribution in [0.3, 0.4) is 0 Å². The minimum atomic E-state index is -0.399. The maximum atomic E-state index is 12.5. The predicted octanol–water partition coefficient (Wildman–Crippen LogP) is 5.18. The highest BCUT2D eigenvalue weighted by molar-refractivity contribution is 5.76. The third-order valence-electron chi connectivity index (χ3n) is 5.18. The number of hydrogen-bond donors (Lipinski definition) is 2. The molecule has 2 N–H and O–H groups in total. The van der Waals surface area contributed by atoms with Crippen molar-refractivity contribution in [3.63, 3.8) is 0 Å². The Hall–Kier alpha value is -4.40. The van der Waals surface area contributed by atoms with Crippen LogP contribution in [-0.4, -0.2) is 36.5 Å². The van der Waals surface area contributed by atoms with E-state index in [-0.39, 0.29) is 5.69 Å². The average molecular weight is 445 g/mol. The molecule has 0 aliphatic heterocycles. The molecule has 0 atom stereocenters. The molecule has 0 aliphatic rings. The Bertz CT molecular complexity index is 1330. The molecule has 2 heterocycles. The van der Waals surface area contributed by atoms with E-state index in [9.17, 15) is 4.79 Å². The molecule has 0 spiro atoms. The maximum Gasteiger partial charge on any atom is 0.292 e. The lowest BCUT2D eigenvalue weighted by Gasteiger charge is -2.13. The van der Waals surface area contributed by atoms with Crippen LogP contribution in [0.25, 0.3) is 22.4 Å². The van der Waals surface area contributed by atoms with Gasteiger partial charge in [0.1, 0.15) is 0 Å². The summed E-state index contributed by atoms with van der Waals surface area (Å²) in [4.78, 5) is 16.5. The highest BCUT2D eigenvalue weighted by Crippen LogP contribution is 2.42. The van der Waals surface area contributed by atoms with Crippen molar-refractivity contribution in [2.45, 2.75) is 6.92 Å². The van der Waals surface area contributed by atoms with Gasteiger partial charge in [-0.3, -0.25) is 20.0 Å². The summed E-state index contributed by atoms with van der Waals surface area (Å²) in [6.45, 7) is 2.02. The van der Waals surface area contributed by atoms with E-state index in [4.69, 9.17) is 14.2 Å². The highest BCUT2D eigenvalue weighted by Gasteiger charge is 2.18. The quantitative estimate of drug-likeness (QED) is 0.380. The van der Waals surface area contributed by atoms with Gasteiger partial charge in [0, 0.05) is 18.0 Å². The first kappa shape index (κ1) is 21.8. The van der Waals surface area contributed by atoms with Crippen molar-refractivity contribution in [3.05, 3.63) is 70.8 Å². The van der Waals surface area contributed by atoms with Gasteiger partial charge in [0.2, 0.25) is 5.75 Å². The van der Waals surface area contributed by atoms with Gasteiger partial charge < -0.3 is 14.2 Å². The van der Waals surface area contributed by atoms with Crippen LogP contribution >= 0.6 is 0 Å². The van der Waals surface area contributed by atoms with Crippen molar-refractivity contribution in [2.24, 2.45) is 10.2 Å². The number of pyridine rings is 1. The fraction of sp³-hybridized carbons (Fsp3) is 0.167. The van der Waals surface area contributed by atoms with Crippen LogP contribution in [0.4, 0.5) is 11.4 Å². The number of rotatable bonds is 7. The Morgan fingerprint density at radius 1 is 0.818 bits per heavy atom. The molecule has 4 rings (SSSR count). The Morgan fingerprint density at radius 2 is 1.52 bits per heavy atom. The summed E-state index contributed by atoms with van der Waals surface area (Å²) in [5, 5.41) is 14.0. The van der Waals surface area contributed by atoms with Gasteiger partial charge in [-0.2, -0.15) is 5.11 Å². The first-order valence-electron chi connectivity index (χ1n) is 10.1. The van der Waals surface area contributed by atoms with Crippen molar-refractivity contribution in [2.75, 3.05) is 21.3 Å². The van der Waals surface area contributed by atoms with E-state index in [2.05, 4.69) is 25.4 Å². The molecule has 2 aromatic carbocycles. The number of azo groups is 1. The molecule has 0 saturated carbocycles. The van der Waals surface area contributed by atoms with Crippen LogP contribution in [0.2, 0.25) is 0 Å². The number of hydrogen-bond acceptors (Lipinski definition) is 7. The molecule has 9 heteroatoms. The molecule has 2 aromatic heterocycles. The van der Waals surface area contributed by atoms with Gasteiger partial charge in [-0.15, -0.1) is 5.11 Å². The van der Waals surface area contributed by atoms with E-state index in [1.165, 1.54) is 21.3 Å². The fourth-order valence-electron chi connectivity index (χ4n) is 3.50. The number of benzene rings is 2. The lowest BCUT2D eigenvalue weighted by Crippen LogP contribution is -1.97. The summed E-state index contributed by atoms with van der Waals surface area (Å²) in [6.07, 6.45) is 3.48. The molecule has 0 fully saturated rings. The molecular weight excluding hydrogens is 422 g/mol. The molecule has 0 amide bonds. The molecule has 33 heavy (non-hydrogen) atoms. The molecule has 0 aliphatic carbocycles. The highest BCUT2D eigenvalue weighted by atomic mass is 16.5. The number of H-pyrrole nitrogens is 2. The smallest absolute Gasteiger partial charge is 0.292 e. The number of methoxy groups -OCH3 is 3. The maximum absolute atomic E-state index is 12.5. The monoisotopic (exact) mass is 445 g/mol. The van der Waals surface area contributed by atoms with E-state index < -0.39 is 5.56 Å². The predicted molar refractivity (Wildman–Crippen MR) is 125 cm³/mol. The summed E-state index contributed by atoms with van der Waals surface area (Å²) < 4.78 is 16.2. The Kier molecular flexibility index (Phi) is 6.21. The first-order valence-corrected chi connectivity index (χ1v) is 10.1.